The summed E-state index contributed by atoms with van der Waals surface area (Å²) < 4.78 is 0. The Kier molecular flexibility index (Phi) is 12.5. The van der Waals surface area contributed by atoms with Crippen LogP contribution in [0.2, 0.25) is 0 Å². The van der Waals surface area contributed by atoms with Crippen LogP contribution < -0.4 is 30.1 Å². The minimum Gasteiger partial charge on any atom is -1.00 e. The molecule has 1 fully saturated rings. The first-order chi connectivity index (χ1) is 12.7. The minimum absolute atomic E-state index is 0. The molecule has 30 heavy (non-hydrogen) atoms. The molecule has 0 heterocycles. The van der Waals surface area contributed by atoms with Crippen molar-refractivity contribution in [1.29, 1.82) is 0 Å². The summed E-state index contributed by atoms with van der Waals surface area (Å²) in [6, 6.07) is 13.5. The van der Waals surface area contributed by atoms with Crippen LogP contribution in [-0.2, 0) is 25.8 Å². The number of halogens is 2. The molecule has 2 aromatic carbocycles. The van der Waals surface area contributed by atoms with Crippen LogP contribution in [0.5, 0.6) is 0 Å². The van der Waals surface area contributed by atoms with E-state index in [-0.39, 0.29) is 58.6 Å². The van der Waals surface area contributed by atoms with Crippen LogP contribution in [0.25, 0.3) is 10.8 Å². The summed E-state index contributed by atoms with van der Waals surface area (Å²) in [6.07, 6.45) is 14.1. The van der Waals surface area contributed by atoms with Gasteiger partial charge in [-0.1, -0.05) is 80.2 Å². The molecule has 0 N–H and O–H groups in total. The molecular formula is C26H35Cl2HfP. The van der Waals surface area contributed by atoms with E-state index in [2.05, 4.69) is 109 Å². The maximum atomic E-state index is 2.42. The third kappa shape index (κ3) is 7.65. The fourth-order valence-corrected chi connectivity index (χ4v) is 8.84. The van der Waals surface area contributed by atoms with E-state index in [1.807, 2.05) is 0 Å². The molecule has 0 saturated heterocycles. The van der Waals surface area contributed by atoms with E-state index in [1.54, 1.807) is 5.30 Å². The second-order valence-corrected chi connectivity index (χ2v) is 13.7. The first kappa shape index (κ1) is 30.2. The SMILES string of the molecule is C1=CC2[CH-]CCC2C=C1.CC(C)(C)P(c1cc2ccccc2[cH-]1)C(C)(C)C.[Cl-].[Cl-].[Hf+4]. The molecule has 2 aliphatic rings. The minimum atomic E-state index is -0.185. The van der Waals surface area contributed by atoms with E-state index in [0.717, 1.165) is 11.8 Å². The first-order valence-corrected chi connectivity index (χ1v) is 11.6. The van der Waals surface area contributed by atoms with Gasteiger partial charge in [0.15, 0.2) is 0 Å². The van der Waals surface area contributed by atoms with Gasteiger partial charge >= 0.3 is 25.8 Å². The van der Waals surface area contributed by atoms with E-state index in [1.165, 1.54) is 23.6 Å². The van der Waals surface area contributed by atoms with E-state index in [9.17, 15) is 0 Å². The average Bonchev–Trinajstić information content (AvgIpc) is 3.18. The molecule has 2 aromatic rings. The normalized spacial score (nSPS) is 19.8. The van der Waals surface area contributed by atoms with Gasteiger partial charge in [-0.25, -0.2) is 0 Å². The molecule has 1 saturated carbocycles. The van der Waals surface area contributed by atoms with E-state index >= 15 is 0 Å². The first-order valence-electron chi connectivity index (χ1n) is 10.3. The molecule has 0 amide bonds. The Hall–Kier alpha value is 0.190. The molecule has 0 nitrogen and oxygen atoms in total. The summed E-state index contributed by atoms with van der Waals surface area (Å²) in [6.45, 7) is 14.3. The van der Waals surface area contributed by atoms with Crippen molar-refractivity contribution in [2.75, 3.05) is 0 Å². The smallest absolute Gasteiger partial charge is 1.00 e. The van der Waals surface area contributed by atoms with Gasteiger partial charge in [-0.2, -0.15) is 12.5 Å². The van der Waals surface area contributed by atoms with E-state index in [4.69, 9.17) is 0 Å². The van der Waals surface area contributed by atoms with Crippen LogP contribution in [0.1, 0.15) is 54.4 Å². The largest absolute Gasteiger partial charge is 4.00 e. The van der Waals surface area contributed by atoms with Gasteiger partial charge in [0.1, 0.15) is 0 Å². The van der Waals surface area contributed by atoms with Crippen molar-refractivity contribution >= 4 is 24.0 Å². The Labute approximate surface area is 217 Å². The standard InChI is InChI=1S/C17H24P.C9H11.2ClH.Hf/c1-16(2,3)18(17(4,5)6)15-11-13-9-7-8-10-14(13)12-15;1-2-5-9-7-3-6-8(9)4-1;;;/h7-12H,1-6H3;1-2,4-6,8-9H,3,7H2;2*1H;/q2*-1;;;+4/p-2. The molecule has 2 aliphatic carbocycles. The van der Waals surface area contributed by atoms with Crippen LogP contribution in [0.3, 0.4) is 0 Å². The van der Waals surface area contributed by atoms with Crippen molar-refractivity contribution in [3.63, 3.8) is 0 Å². The summed E-state index contributed by atoms with van der Waals surface area (Å²) >= 11 is 0. The molecule has 2 unspecified atom stereocenters. The second kappa shape index (κ2) is 12.4. The number of benzene rings is 1. The Morgan fingerprint density at radius 3 is 2.07 bits per heavy atom. The van der Waals surface area contributed by atoms with Crippen LogP contribution in [0.15, 0.2) is 60.7 Å². The van der Waals surface area contributed by atoms with Crippen LogP contribution in [0.4, 0.5) is 0 Å². The Bertz CT molecular complexity index is 758. The second-order valence-electron chi connectivity index (χ2n) is 9.84. The number of rotatable bonds is 1. The zero-order valence-electron chi connectivity index (χ0n) is 19.1. The van der Waals surface area contributed by atoms with Crippen molar-refractivity contribution in [3.8, 4) is 0 Å². The Balaban J connectivity index is 0.000000597. The molecule has 162 valence electrons. The van der Waals surface area contributed by atoms with Gasteiger partial charge in [-0.05, 0) is 16.2 Å². The van der Waals surface area contributed by atoms with Crippen LogP contribution in [-0.4, -0.2) is 10.3 Å². The van der Waals surface area contributed by atoms with Crippen LogP contribution >= 0.6 is 7.92 Å². The zero-order valence-corrected chi connectivity index (χ0v) is 25.1. The molecule has 4 heteroatoms. The van der Waals surface area contributed by atoms with Gasteiger partial charge in [0.05, 0.1) is 0 Å². The van der Waals surface area contributed by atoms with E-state index < -0.39 is 0 Å². The Morgan fingerprint density at radius 2 is 1.50 bits per heavy atom. The molecule has 0 spiro atoms. The van der Waals surface area contributed by atoms with Gasteiger partial charge in [-0.15, -0.1) is 52.3 Å². The van der Waals surface area contributed by atoms with Gasteiger partial charge in [0.2, 0.25) is 0 Å². The van der Waals surface area contributed by atoms with Gasteiger partial charge in [0.25, 0.3) is 0 Å². The molecule has 0 radical (unpaired) electrons. The predicted molar refractivity (Wildman–Crippen MR) is 124 cm³/mol. The van der Waals surface area contributed by atoms with Crippen molar-refractivity contribution in [3.05, 3.63) is 67.1 Å². The quantitative estimate of drug-likeness (QED) is 0.256. The Morgan fingerprint density at radius 1 is 0.900 bits per heavy atom. The maximum Gasteiger partial charge on any atom is 4.00 e. The topological polar surface area (TPSA) is 0 Å². The summed E-state index contributed by atoms with van der Waals surface area (Å²) in [5.41, 5.74) is 0. The number of hydrogen-bond acceptors (Lipinski definition) is 0. The van der Waals surface area contributed by atoms with Crippen molar-refractivity contribution in [1.82, 2.24) is 0 Å². The fourth-order valence-electron chi connectivity index (χ4n) is 4.74. The third-order valence-electron chi connectivity index (χ3n) is 5.44. The van der Waals surface area contributed by atoms with Gasteiger partial charge in [0, 0.05) is 0 Å². The molecule has 0 aromatic heterocycles. The molecule has 2 atom stereocenters. The summed E-state index contributed by atoms with van der Waals surface area (Å²) in [4.78, 5) is 0. The van der Waals surface area contributed by atoms with Gasteiger partial charge < -0.3 is 31.2 Å². The molecule has 0 aliphatic heterocycles. The van der Waals surface area contributed by atoms with E-state index in [0.29, 0.717) is 10.3 Å². The number of hydrogen-bond donors (Lipinski definition) is 0. The molecule has 4 rings (SSSR count). The monoisotopic (exact) mass is 628 g/mol. The van der Waals surface area contributed by atoms with Crippen molar-refractivity contribution in [2.45, 2.75) is 64.7 Å². The number of allylic oxidation sites excluding steroid dienone is 4. The van der Waals surface area contributed by atoms with Gasteiger partial charge in [-0.3, -0.25) is 0 Å². The summed E-state index contributed by atoms with van der Waals surface area (Å²) in [5.74, 6) is 1.62. The summed E-state index contributed by atoms with van der Waals surface area (Å²) in [7, 11) is -0.185. The van der Waals surface area contributed by atoms with Crippen molar-refractivity contribution < 1.29 is 50.7 Å². The van der Waals surface area contributed by atoms with Crippen LogP contribution in [0, 0.1) is 18.3 Å². The van der Waals surface area contributed by atoms with Crippen molar-refractivity contribution in [2.24, 2.45) is 11.8 Å². The maximum absolute atomic E-state index is 2.42. The zero-order chi connectivity index (χ0) is 19.7. The summed E-state index contributed by atoms with van der Waals surface area (Å²) in [5, 5.41) is 5.00. The predicted octanol–water partition coefficient (Wildman–Crippen LogP) is 1.61. The third-order valence-corrected chi connectivity index (χ3v) is 8.90. The number of fused-ring (bicyclic) bond motifs is 2. The fraction of sp³-hybridized carbons (Fsp3) is 0.462. The molecule has 0 bridgehead atoms. The molecular weight excluding hydrogens is 593 g/mol. The average molecular weight is 628 g/mol.